The van der Waals surface area contributed by atoms with Gasteiger partial charge in [0.15, 0.2) is 10.4 Å². The van der Waals surface area contributed by atoms with E-state index in [0.29, 0.717) is 10.4 Å². The third kappa shape index (κ3) is 4.58. The largest absolute Gasteiger partial charge is 0.488 e. The summed E-state index contributed by atoms with van der Waals surface area (Å²) < 4.78 is 24.8. The van der Waals surface area contributed by atoms with E-state index in [2.05, 4.69) is 26.5 Å². The molecule has 30 heavy (non-hydrogen) atoms. The molecule has 0 unspecified atom stereocenters. The zero-order valence-electron chi connectivity index (χ0n) is 15.6. The van der Waals surface area contributed by atoms with Gasteiger partial charge >= 0.3 is 5.91 Å². The summed E-state index contributed by atoms with van der Waals surface area (Å²) >= 11 is 3.16. The Morgan fingerprint density at radius 1 is 1.07 bits per heavy atom. The minimum absolute atomic E-state index is 0.143. The van der Waals surface area contributed by atoms with Crippen LogP contribution in [0.25, 0.3) is 10.8 Å². The molecule has 5 nitrogen and oxygen atoms in total. The molecule has 7 heteroatoms. The SMILES string of the molecule is O=C(N/N=C\c1c(OCc2ccc(F)cc2)ccc2ccccc12)c1ccc(Br)o1. The van der Waals surface area contributed by atoms with Crippen molar-refractivity contribution in [2.75, 3.05) is 0 Å². The number of fused-ring (bicyclic) bond motifs is 1. The van der Waals surface area contributed by atoms with E-state index in [9.17, 15) is 9.18 Å². The first-order valence-corrected chi connectivity index (χ1v) is 9.87. The van der Waals surface area contributed by atoms with Crippen molar-refractivity contribution in [1.29, 1.82) is 0 Å². The molecule has 1 amide bonds. The van der Waals surface area contributed by atoms with Crippen LogP contribution in [0.15, 0.2) is 87.0 Å². The lowest BCUT2D eigenvalue weighted by atomic mass is 10.0. The highest BCUT2D eigenvalue weighted by atomic mass is 79.9. The molecule has 1 heterocycles. The Morgan fingerprint density at radius 3 is 2.63 bits per heavy atom. The molecule has 1 N–H and O–H groups in total. The molecule has 0 bridgehead atoms. The Hall–Kier alpha value is -3.45. The molecule has 0 aliphatic rings. The summed E-state index contributed by atoms with van der Waals surface area (Å²) in [5.74, 6) is -0.0240. The number of carbonyl (C=O) groups excluding carboxylic acids is 1. The first-order chi connectivity index (χ1) is 14.6. The number of furan rings is 1. The molecule has 0 saturated carbocycles. The molecule has 4 rings (SSSR count). The molecule has 150 valence electrons. The average molecular weight is 467 g/mol. The molecule has 3 aromatic carbocycles. The molecular weight excluding hydrogens is 451 g/mol. The molecule has 0 fully saturated rings. The fourth-order valence-corrected chi connectivity index (χ4v) is 3.23. The summed E-state index contributed by atoms with van der Waals surface area (Å²) in [6, 6.07) is 20.9. The Bertz CT molecular complexity index is 1220. The lowest BCUT2D eigenvalue weighted by molar-refractivity contribution is 0.0926. The number of nitrogens with one attached hydrogen (secondary N) is 1. The number of ether oxygens (including phenoxy) is 1. The van der Waals surface area contributed by atoms with Gasteiger partial charge in [-0.05, 0) is 62.6 Å². The topological polar surface area (TPSA) is 63.8 Å². The molecule has 0 aliphatic heterocycles. The predicted molar refractivity (Wildman–Crippen MR) is 116 cm³/mol. The number of benzene rings is 3. The van der Waals surface area contributed by atoms with Gasteiger partial charge in [0.2, 0.25) is 0 Å². The molecular formula is C23H16BrFN2O3. The maximum absolute atomic E-state index is 13.1. The van der Waals surface area contributed by atoms with Gasteiger partial charge < -0.3 is 9.15 Å². The second-order valence-electron chi connectivity index (χ2n) is 6.42. The summed E-state index contributed by atoms with van der Waals surface area (Å²) in [7, 11) is 0. The zero-order valence-corrected chi connectivity index (χ0v) is 17.2. The van der Waals surface area contributed by atoms with Crippen molar-refractivity contribution in [3.63, 3.8) is 0 Å². The van der Waals surface area contributed by atoms with E-state index >= 15 is 0 Å². The van der Waals surface area contributed by atoms with Gasteiger partial charge in [-0.2, -0.15) is 5.10 Å². The fraction of sp³-hybridized carbons (Fsp3) is 0.0435. The van der Waals surface area contributed by atoms with Crippen LogP contribution in [-0.4, -0.2) is 12.1 Å². The van der Waals surface area contributed by atoms with E-state index in [-0.39, 0.29) is 18.2 Å². The van der Waals surface area contributed by atoms with Gasteiger partial charge in [0.1, 0.15) is 18.2 Å². The van der Waals surface area contributed by atoms with Gasteiger partial charge in [-0.25, -0.2) is 9.82 Å². The van der Waals surface area contributed by atoms with Crippen molar-refractivity contribution in [3.05, 3.63) is 100 Å². The lowest BCUT2D eigenvalue weighted by Gasteiger charge is -2.12. The quantitative estimate of drug-likeness (QED) is 0.293. The third-order valence-electron chi connectivity index (χ3n) is 4.40. The molecule has 0 saturated heterocycles. The van der Waals surface area contributed by atoms with Crippen molar-refractivity contribution < 1.29 is 18.3 Å². The number of carbonyl (C=O) groups is 1. The molecule has 1 aromatic heterocycles. The first kappa shape index (κ1) is 19.8. The minimum Gasteiger partial charge on any atom is -0.488 e. The van der Waals surface area contributed by atoms with Gasteiger partial charge in [-0.15, -0.1) is 0 Å². The summed E-state index contributed by atoms with van der Waals surface area (Å²) in [6.45, 7) is 0.270. The van der Waals surface area contributed by atoms with Crippen LogP contribution in [0.4, 0.5) is 4.39 Å². The van der Waals surface area contributed by atoms with Crippen LogP contribution in [0.3, 0.4) is 0 Å². The van der Waals surface area contributed by atoms with Crippen LogP contribution in [0.1, 0.15) is 21.7 Å². The number of hydrogen-bond acceptors (Lipinski definition) is 4. The highest BCUT2D eigenvalue weighted by Gasteiger charge is 2.11. The van der Waals surface area contributed by atoms with Gasteiger partial charge in [0.05, 0.1) is 6.21 Å². The van der Waals surface area contributed by atoms with E-state index in [4.69, 9.17) is 9.15 Å². The lowest BCUT2D eigenvalue weighted by Crippen LogP contribution is -2.16. The van der Waals surface area contributed by atoms with Crippen LogP contribution in [0, 0.1) is 5.82 Å². The highest BCUT2D eigenvalue weighted by Crippen LogP contribution is 2.27. The van der Waals surface area contributed by atoms with Gasteiger partial charge in [0.25, 0.3) is 0 Å². The number of hydrazone groups is 1. The van der Waals surface area contributed by atoms with Gasteiger partial charge in [-0.3, -0.25) is 4.79 Å². The van der Waals surface area contributed by atoms with Gasteiger partial charge in [0, 0.05) is 5.56 Å². The molecule has 0 spiro atoms. The number of hydrogen-bond donors (Lipinski definition) is 1. The van der Waals surface area contributed by atoms with Crippen molar-refractivity contribution in [2.24, 2.45) is 5.10 Å². The van der Waals surface area contributed by atoms with E-state index in [1.807, 2.05) is 36.4 Å². The maximum Gasteiger partial charge on any atom is 0.307 e. The van der Waals surface area contributed by atoms with Crippen LogP contribution >= 0.6 is 15.9 Å². The molecule has 0 atom stereocenters. The van der Waals surface area contributed by atoms with Crippen LogP contribution in [0.2, 0.25) is 0 Å². The van der Waals surface area contributed by atoms with E-state index in [1.54, 1.807) is 24.3 Å². The Morgan fingerprint density at radius 2 is 1.87 bits per heavy atom. The average Bonchev–Trinajstić information content (AvgIpc) is 3.20. The number of rotatable bonds is 6. The molecule has 4 aromatic rings. The highest BCUT2D eigenvalue weighted by molar-refractivity contribution is 9.10. The van der Waals surface area contributed by atoms with Crippen molar-refractivity contribution in [3.8, 4) is 5.75 Å². The summed E-state index contributed by atoms with van der Waals surface area (Å²) in [4.78, 5) is 12.1. The number of amides is 1. The number of halogens is 2. The number of nitrogens with zero attached hydrogens (tertiary/aromatic N) is 1. The van der Waals surface area contributed by atoms with E-state index in [0.717, 1.165) is 21.9 Å². The Balaban J connectivity index is 1.58. The van der Waals surface area contributed by atoms with Crippen LogP contribution in [-0.2, 0) is 6.61 Å². The third-order valence-corrected chi connectivity index (χ3v) is 4.82. The smallest absolute Gasteiger partial charge is 0.307 e. The summed E-state index contributed by atoms with van der Waals surface area (Å²) in [5, 5.41) is 6.01. The van der Waals surface area contributed by atoms with Gasteiger partial charge in [-0.1, -0.05) is 42.5 Å². The maximum atomic E-state index is 13.1. The van der Waals surface area contributed by atoms with E-state index < -0.39 is 5.91 Å². The summed E-state index contributed by atoms with van der Waals surface area (Å²) in [5.41, 5.74) is 4.01. The van der Waals surface area contributed by atoms with Crippen LogP contribution < -0.4 is 10.2 Å². The minimum atomic E-state index is -0.467. The molecule has 0 aliphatic carbocycles. The van der Waals surface area contributed by atoms with Crippen molar-refractivity contribution in [1.82, 2.24) is 5.43 Å². The zero-order chi connectivity index (χ0) is 20.9. The monoisotopic (exact) mass is 466 g/mol. The second-order valence-corrected chi connectivity index (χ2v) is 7.20. The Labute approximate surface area is 180 Å². The fourth-order valence-electron chi connectivity index (χ4n) is 2.92. The Kier molecular flexibility index (Phi) is 5.90. The second kappa shape index (κ2) is 8.92. The van der Waals surface area contributed by atoms with E-state index in [1.165, 1.54) is 18.3 Å². The van der Waals surface area contributed by atoms with Crippen molar-refractivity contribution >= 4 is 38.8 Å². The van der Waals surface area contributed by atoms with Crippen molar-refractivity contribution in [2.45, 2.75) is 6.61 Å². The summed E-state index contributed by atoms with van der Waals surface area (Å²) in [6.07, 6.45) is 1.54. The normalized spacial score (nSPS) is 11.1. The standard InChI is InChI=1S/C23H16BrFN2O3/c24-22-12-11-21(30-22)23(28)27-26-13-19-18-4-2-1-3-16(18)7-10-20(19)29-14-15-5-8-17(25)9-6-15/h1-13H,14H2,(H,27,28)/b26-13-. The van der Waals surface area contributed by atoms with Crippen LogP contribution in [0.5, 0.6) is 5.75 Å². The molecule has 0 radical (unpaired) electrons. The predicted octanol–water partition coefficient (Wildman–Crippen LogP) is 5.68. The first-order valence-electron chi connectivity index (χ1n) is 9.08.